The van der Waals surface area contributed by atoms with E-state index in [4.69, 9.17) is 4.74 Å². The molecule has 0 unspecified atom stereocenters. The molecular weight excluding hydrogens is 200 g/mol. The molecule has 2 heteroatoms. The van der Waals surface area contributed by atoms with Crippen LogP contribution in [0.15, 0.2) is 30.3 Å². The number of ether oxygens (including phenoxy) is 1. The number of carbonyl (C=O) groups is 1. The highest BCUT2D eigenvalue weighted by atomic mass is 16.5. The van der Waals surface area contributed by atoms with E-state index in [0.29, 0.717) is 6.61 Å². The Morgan fingerprint density at radius 2 is 2.00 bits per heavy atom. The van der Waals surface area contributed by atoms with Crippen LogP contribution in [0.3, 0.4) is 0 Å². The van der Waals surface area contributed by atoms with Gasteiger partial charge in [0.2, 0.25) is 0 Å². The lowest BCUT2D eigenvalue weighted by Gasteiger charge is -2.04. The number of unbranched alkanes of at least 4 members (excludes halogenated alkanes) is 3. The largest absolute Gasteiger partial charge is 0.461 e. The van der Waals surface area contributed by atoms with Gasteiger partial charge in [0.1, 0.15) is 6.61 Å². The molecule has 0 amide bonds. The molecular formula is C14H19O2. The van der Waals surface area contributed by atoms with Gasteiger partial charge in [0, 0.05) is 0 Å². The summed E-state index contributed by atoms with van der Waals surface area (Å²) in [4.78, 5) is 11.3. The lowest BCUT2D eigenvalue weighted by atomic mass is 10.1. The third-order valence-corrected chi connectivity index (χ3v) is 2.34. The maximum absolute atomic E-state index is 11.3. The molecule has 0 aliphatic rings. The molecule has 2 nitrogen and oxygen atoms in total. The number of hydrogen-bond donors (Lipinski definition) is 0. The predicted octanol–water partition coefficient (Wildman–Crippen LogP) is 3.51. The molecule has 16 heavy (non-hydrogen) atoms. The van der Waals surface area contributed by atoms with E-state index in [-0.39, 0.29) is 5.97 Å². The Morgan fingerprint density at radius 3 is 2.69 bits per heavy atom. The lowest BCUT2D eigenvalue weighted by Crippen LogP contribution is -2.04. The Balaban J connectivity index is 2.11. The summed E-state index contributed by atoms with van der Waals surface area (Å²) >= 11 is 0. The van der Waals surface area contributed by atoms with Gasteiger partial charge in [0.05, 0.1) is 6.42 Å². The number of esters is 1. The fourth-order valence-electron chi connectivity index (χ4n) is 1.40. The summed E-state index contributed by atoms with van der Waals surface area (Å²) in [6.07, 6.45) is 5.87. The average molecular weight is 219 g/mol. The molecule has 0 atom stereocenters. The molecule has 0 aliphatic heterocycles. The number of rotatable bonds is 7. The Labute approximate surface area is 97.6 Å². The van der Waals surface area contributed by atoms with Crippen LogP contribution in [0.4, 0.5) is 0 Å². The molecule has 0 saturated carbocycles. The summed E-state index contributed by atoms with van der Waals surface area (Å²) in [5.74, 6) is -0.208. The average Bonchev–Trinajstić information content (AvgIpc) is 2.33. The van der Waals surface area contributed by atoms with E-state index in [9.17, 15) is 4.79 Å². The maximum Gasteiger partial charge on any atom is 0.310 e. The van der Waals surface area contributed by atoms with Gasteiger partial charge in [-0.1, -0.05) is 56.5 Å². The van der Waals surface area contributed by atoms with Crippen molar-refractivity contribution in [1.82, 2.24) is 0 Å². The highest BCUT2D eigenvalue weighted by molar-refractivity contribution is 5.78. The van der Waals surface area contributed by atoms with Crippen molar-refractivity contribution >= 4 is 5.97 Å². The van der Waals surface area contributed by atoms with E-state index in [1.807, 2.05) is 30.3 Å². The zero-order valence-corrected chi connectivity index (χ0v) is 9.82. The molecule has 0 spiro atoms. The van der Waals surface area contributed by atoms with E-state index >= 15 is 0 Å². The molecule has 87 valence electrons. The van der Waals surface area contributed by atoms with Gasteiger partial charge in [0.15, 0.2) is 0 Å². The molecule has 0 heterocycles. The van der Waals surface area contributed by atoms with E-state index in [1.54, 1.807) is 6.42 Å². The van der Waals surface area contributed by atoms with Crippen LogP contribution in [0.1, 0.15) is 38.2 Å². The van der Waals surface area contributed by atoms with E-state index in [2.05, 4.69) is 6.92 Å². The van der Waals surface area contributed by atoms with Crippen LogP contribution in [0.25, 0.3) is 0 Å². The quantitative estimate of drug-likeness (QED) is 0.518. The Hall–Kier alpha value is -1.31. The van der Waals surface area contributed by atoms with Crippen LogP contribution < -0.4 is 0 Å². The number of carbonyl (C=O) groups excluding carboxylic acids is 1. The second kappa shape index (κ2) is 7.91. The van der Waals surface area contributed by atoms with Crippen LogP contribution in [0.2, 0.25) is 0 Å². The van der Waals surface area contributed by atoms with Crippen LogP contribution in [-0.2, 0) is 16.1 Å². The molecule has 0 aliphatic carbocycles. The van der Waals surface area contributed by atoms with E-state index in [1.165, 1.54) is 12.8 Å². The molecule has 1 radical (unpaired) electrons. The van der Waals surface area contributed by atoms with Gasteiger partial charge >= 0.3 is 5.97 Å². The van der Waals surface area contributed by atoms with Crippen LogP contribution in [0.5, 0.6) is 0 Å². The smallest absolute Gasteiger partial charge is 0.310 e. The van der Waals surface area contributed by atoms with Crippen molar-refractivity contribution in [2.24, 2.45) is 0 Å². The lowest BCUT2D eigenvalue weighted by molar-refractivity contribution is -0.140. The van der Waals surface area contributed by atoms with Gasteiger partial charge in [-0.15, -0.1) is 0 Å². The number of hydrogen-bond acceptors (Lipinski definition) is 2. The summed E-state index contributed by atoms with van der Waals surface area (Å²) in [6.45, 7) is 2.51. The summed E-state index contributed by atoms with van der Waals surface area (Å²) in [5, 5.41) is 0. The van der Waals surface area contributed by atoms with E-state index < -0.39 is 0 Å². The van der Waals surface area contributed by atoms with Crippen molar-refractivity contribution < 1.29 is 9.53 Å². The van der Waals surface area contributed by atoms with Gasteiger partial charge in [0.25, 0.3) is 0 Å². The summed E-state index contributed by atoms with van der Waals surface area (Å²) < 4.78 is 5.11. The Bertz CT molecular complexity index is 293. The standard InChI is InChI=1S/C14H19O2/c1-2-3-4-8-11-14(15)16-12-13-9-6-5-7-10-13/h5-7,9-11H,2-4,8,12H2,1H3. The first-order valence-electron chi connectivity index (χ1n) is 5.87. The molecule has 1 aromatic carbocycles. The highest BCUT2D eigenvalue weighted by Crippen LogP contribution is 2.05. The van der Waals surface area contributed by atoms with Crippen LogP contribution in [0, 0.1) is 6.42 Å². The second-order valence-corrected chi connectivity index (χ2v) is 3.79. The number of benzene rings is 1. The molecule has 0 saturated heterocycles. The van der Waals surface area contributed by atoms with Gasteiger partial charge in [-0.2, -0.15) is 0 Å². The van der Waals surface area contributed by atoms with Crippen molar-refractivity contribution in [2.45, 2.75) is 39.2 Å². The highest BCUT2D eigenvalue weighted by Gasteiger charge is 2.03. The zero-order valence-electron chi connectivity index (χ0n) is 9.82. The Kier molecular flexibility index (Phi) is 6.31. The monoisotopic (exact) mass is 219 g/mol. The van der Waals surface area contributed by atoms with Gasteiger partial charge in [-0.25, -0.2) is 0 Å². The van der Waals surface area contributed by atoms with Gasteiger partial charge in [-0.05, 0) is 12.0 Å². The predicted molar refractivity (Wildman–Crippen MR) is 64.7 cm³/mol. The molecule has 0 aromatic heterocycles. The summed E-state index contributed by atoms with van der Waals surface area (Å²) in [5.41, 5.74) is 1.03. The third kappa shape index (κ3) is 5.54. The maximum atomic E-state index is 11.3. The van der Waals surface area contributed by atoms with Crippen molar-refractivity contribution in [2.75, 3.05) is 0 Å². The summed E-state index contributed by atoms with van der Waals surface area (Å²) in [6, 6.07) is 9.72. The van der Waals surface area contributed by atoms with E-state index in [0.717, 1.165) is 18.4 Å². The second-order valence-electron chi connectivity index (χ2n) is 3.79. The van der Waals surface area contributed by atoms with Crippen molar-refractivity contribution in [3.63, 3.8) is 0 Å². The SMILES string of the molecule is CCCCC[CH]C(=O)OCc1ccccc1. The minimum absolute atomic E-state index is 0.208. The molecule has 1 rings (SSSR count). The topological polar surface area (TPSA) is 26.3 Å². The van der Waals surface area contributed by atoms with Crippen LogP contribution >= 0.6 is 0 Å². The van der Waals surface area contributed by atoms with Crippen molar-refractivity contribution in [3.8, 4) is 0 Å². The first-order chi connectivity index (χ1) is 7.83. The minimum atomic E-state index is -0.208. The fraction of sp³-hybridized carbons (Fsp3) is 0.429. The fourth-order valence-corrected chi connectivity index (χ4v) is 1.40. The normalized spacial score (nSPS) is 10.1. The first kappa shape index (κ1) is 12.8. The third-order valence-electron chi connectivity index (χ3n) is 2.34. The first-order valence-corrected chi connectivity index (χ1v) is 5.87. The van der Waals surface area contributed by atoms with Gasteiger partial charge < -0.3 is 4.74 Å². The van der Waals surface area contributed by atoms with Crippen LogP contribution in [-0.4, -0.2) is 5.97 Å². The van der Waals surface area contributed by atoms with Crippen molar-refractivity contribution in [1.29, 1.82) is 0 Å². The molecule has 0 bridgehead atoms. The zero-order chi connectivity index (χ0) is 11.6. The van der Waals surface area contributed by atoms with Gasteiger partial charge in [-0.3, -0.25) is 4.79 Å². The minimum Gasteiger partial charge on any atom is -0.461 e. The Morgan fingerprint density at radius 1 is 1.25 bits per heavy atom. The summed E-state index contributed by atoms with van der Waals surface area (Å²) in [7, 11) is 0. The van der Waals surface area contributed by atoms with Crippen molar-refractivity contribution in [3.05, 3.63) is 42.3 Å². The molecule has 1 aromatic rings. The molecule has 0 N–H and O–H groups in total. The molecule has 0 fully saturated rings.